The van der Waals surface area contributed by atoms with E-state index < -0.39 is 11.9 Å². The van der Waals surface area contributed by atoms with Crippen LogP contribution in [-0.4, -0.2) is 44.9 Å². The average molecular weight is 494 g/mol. The molecule has 9 nitrogen and oxygen atoms in total. The first kappa shape index (κ1) is 24.0. The topological polar surface area (TPSA) is 129 Å². The predicted octanol–water partition coefficient (Wildman–Crippen LogP) is 3.79. The molecule has 170 valence electrons. The fourth-order valence-corrected chi connectivity index (χ4v) is 5.53. The van der Waals surface area contributed by atoms with E-state index in [1.54, 1.807) is 25.2 Å². The Morgan fingerprint density at radius 3 is 2.69 bits per heavy atom. The number of primary amides is 1. The Morgan fingerprint density at radius 1 is 1.28 bits per heavy atom. The van der Waals surface area contributed by atoms with Crippen molar-refractivity contribution < 1.29 is 19.1 Å². The van der Waals surface area contributed by atoms with E-state index in [0.717, 1.165) is 35.0 Å². The number of nitrogens with one attached hydrogen (secondary N) is 1. The minimum atomic E-state index is -0.665. The normalized spacial score (nSPS) is 10.8. The molecule has 3 aromatic heterocycles. The van der Waals surface area contributed by atoms with E-state index in [-0.39, 0.29) is 33.7 Å². The number of carbonyl (C=O) groups is 3. The van der Waals surface area contributed by atoms with E-state index in [0.29, 0.717) is 10.7 Å². The Kier molecular flexibility index (Phi) is 8.04. The third kappa shape index (κ3) is 5.19. The highest BCUT2D eigenvalue weighted by molar-refractivity contribution is 7.99. The largest absolute Gasteiger partial charge is 0.462 e. The van der Waals surface area contributed by atoms with Gasteiger partial charge in [-0.05, 0) is 37.3 Å². The second kappa shape index (κ2) is 10.7. The number of anilines is 1. The summed E-state index contributed by atoms with van der Waals surface area (Å²) in [6.07, 6.45) is 0.892. The van der Waals surface area contributed by atoms with Gasteiger partial charge in [0.15, 0.2) is 11.0 Å². The summed E-state index contributed by atoms with van der Waals surface area (Å²) in [6.45, 7) is 6.24. The number of carbonyl (C=O) groups excluding carboxylic acids is 3. The SMILES string of the molecule is CCCn1c(SCC(=O)Nc2sc(C(N)=O)c(C)c2C(=O)OCC)nnc1-c1cccs1. The Balaban J connectivity index is 1.76. The molecule has 0 aliphatic heterocycles. The molecule has 2 amide bonds. The number of esters is 1. The van der Waals surface area contributed by atoms with Crippen LogP contribution in [-0.2, 0) is 16.1 Å². The summed E-state index contributed by atoms with van der Waals surface area (Å²) in [4.78, 5) is 38.0. The van der Waals surface area contributed by atoms with Gasteiger partial charge in [-0.15, -0.1) is 32.9 Å². The summed E-state index contributed by atoms with van der Waals surface area (Å²) in [6, 6.07) is 3.93. The van der Waals surface area contributed by atoms with Crippen LogP contribution in [0.1, 0.15) is 45.9 Å². The molecule has 0 fully saturated rings. The first-order chi connectivity index (χ1) is 15.4. The molecule has 12 heteroatoms. The van der Waals surface area contributed by atoms with Gasteiger partial charge in [-0.3, -0.25) is 9.59 Å². The number of hydrogen-bond donors (Lipinski definition) is 2. The van der Waals surface area contributed by atoms with Crippen molar-refractivity contribution in [3.63, 3.8) is 0 Å². The number of aromatic nitrogens is 3. The lowest BCUT2D eigenvalue weighted by Gasteiger charge is -2.09. The number of rotatable bonds is 10. The van der Waals surface area contributed by atoms with E-state index in [9.17, 15) is 14.4 Å². The van der Waals surface area contributed by atoms with Crippen molar-refractivity contribution in [2.24, 2.45) is 5.73 Å². The number of ether oxygens (including phenoxy) is 1. The molecule has 0 aliphatic carbocycles. The highest BCUT2D eigenvalue weighted by Crippen LogP contribution is 2.34. The first-order valence-electron chi connectivity index (χ1n) is 9.87. The van der Waals surface area contributed by atoms with Crippen LogP contribution in [0.2, 0.25) is 0 Å². The molecule has 3 rings (SSSR count). The van der Waals surface area contributed by atoms with E-state index >= 15 is 0 Å². The van der Waals surface area contributed by atoms with Crippen molar-refractivity contribution in [1.29, 1.82) is 0 Å². The van der Waals surface area contributed by atoms with Gasteiger partial charge in [0.2, 0.25) is 5.91 Å². The van der Waals surface area contributed by atoms with Gasteiger partial charge >= 0.3 is 5.97 Å². The molecule has 0 saturated carbocycles. The van der Waals surface area contributed by atoms with Gasteiger partial charge < -0.3 is 20.4 Å². The molecule has 0 aromatic carbocycles. The predicted molar refractivity (Wildman–Crippen MR) is 127 cm³/mol. The van der Waals surface area contributed by atoms with E-state index in [2.05, 4.69) is 22.4 Å². The molecule has 0 unspecified atom stereocenters. The fourth-order valence-electron chi connectivity index (χ4n) is 2.99. The smallest absolute Gasteiger partial charge is 0.341 e. The first-order valence-corrected chi connectivity index (χ1v) is 12.6. The zero-order chi connectivity index (χ0) is 23.3. The summed E-state index contributed by atoms with van der Waals surface area (Å²) in [5, 5.41) is 14.1. The summed E-state index contributed by atoms with van der Waals surface area (Å²) < 4.78 is 7.07. The Hall–Kier alpha value is -2.70. The minimum absolute atomic E-state index is 0.0530. The number of hydrogen-bond acceptors (Lipinski definition) is 9. The molecule has 0 bridgehead atoms. The average Bonchev–Trinajstić information content (AvgIpc) is 3.46. The molecular formula is C20H23N5O4S3. The summed E-state index contributed by atoms with van der Waals surface area (Å²) in [7, 11) is 0. The number of amides is 2. The van der Waals surface area contributed by atoms with Crippen molar-refractivity contribution in [2.75, 3.05) is 17.7 Å². The Morgan fingerprint density at radius 2 is 2.06 bits per heavy atom. The van der Waals surface area contributed by atoms with Crippen LogP contribution >= 0.6 is 34.4 Å². The van der Waals surface area contributed by atoms with Crippen LogP contribution in [0.5, 0.6) is 0 Å². The zero-order valence-electron chi connectivity index (χ0n) is 17.8. The Bertz CT molecular complexity index is 1120. The van der Waals surface area contributed by atoms with Gasteiger partial charge in [-0.1, -0.05) is 24.8 Å². The molecule has 0 spiro atoms. The van der Waals surface area contributed by atoms with Crippen molar-refractivity contribution in [1.82, 2.24) is 14.8 Å². The van der Waals surface area contributed by atoms with Gasteiger partial charge in [-0.25, -0.2) is 4.79 Å². The quantitative estimate of drug-likeness (QED) is 0.325. The van der Waals surface area contributed by atoms with Gasteiger partial charge in [0.25, 0.3) is 5.91 Å². The molecular weight excluding hydrogens is 470 g/mol. The molecule has 3 aromatic rings. The van der Waals surface area contributed by atoms with Gasteiger partial charge in [0.05, 0.1) is 27.7 Å². The molecule has 0 aliphatic rings. The minimum Gasteiger partial charge on any atom is -0.462 e. The lowest BCUT2D eigenvalue weighted by atomic mass is 10.1. The molecule has 0 saturated heterocycles. The zero-order valence-corrected chi connectivity index (χ0v) is 20.3. The standard InChI is InChI=1S/C20H23N5O4S3/c1-4-8-25-17(12-7-6-9-30-12)23-24-20(25)31-10-13(26)22-18-14(19(28)29-5-2)11(3)15(32-18)16(21)27/h6-7,9H,4-5,8,10H2,1-3H3,(H2,21,27)(H,22,26). The van der Waals surface area contributed by atoms with E-state index in [1.807, 2.05) is 22.1 Å². The molecule has 32 heavy (non-hydrogen) atoms. The summed E-state index contributed by atoms with van der Waals surface area (Å²) >= 11 is 3.79. The fraction of sp³-hybridized carbons (Fsp3) is 0.350. The van der Waals surface area contributed by atoms with Crippen molar-refractivity contribution in [2.45, 2.75) is 38.9 Å². The third-order valence-electron chi connectivity index (χ3n) is 4.34. The molecule has 0 atom stereocenters. The van der Waals surface area contributed by atoms with Crippen LogP contribution in [0.4, 0.5) is 5.00 Å². The lowest BCUT2D eigenvalue weighted by Crippen LogP contribution is -2.17. The maximum atomic E-state index is 12.7. The lowest BCUT2D eigenvalue weighted by molar-refractivity contribution is -0.113. The van der Waals surface area contributed by atoms with Crippen LogP contribution in [0.25, 0.3) is 10.7 Å². The second-order valence-corrected chi connectivity index (χ2v) is 9.53. The van der Waals surface area contributed by atoms with Crippen molar-refractivity contribution in [3.05, 3.63) is 33.5 Å². The van der Waals surface area contributed by atoms with Crippen molar-refractivity contribution >= 4 is 57.2 Å². The number of nitrogens with zero attached hydrogens (tertiary/aromatic N) is 3. The Labute approximate surface area is 197 Å². The summed E-state index contributed by atoms with van der Waals surface area (Å²) in [5.41, 5.74) is 5.96. The van der Waals surface area contributed by atoms with Crippen LogP contribution in [0.15, 0.2) is 22.7 Å². The highest BCUT2D eigenvalue weighted by atomic mass is 32.2. The van der Waals surface area contributed by atoms with Crippen LogP contribution < -0.4 is 11.1 Å². The summed E-state index contributed by atoms with van der Waals surface area (Å²) in [5.74, 6) is -0.797. The van der Waals surface area contributed by atoms with E-state index in [4.69, 9.17) is 10.5 Å². The van der Waals surface area contributed by atoms with Crippen molar-refractivity contribution in [3.8, 4) is 10.7 Å². The van der Waals surface area contributed by atoms with Gasteiger partial charge in [0.1, 0.15) is 5.00 Å². The van der Waals surface area contributed by atoms with Crippen LogP contribution in [0, 0.1) is 6.92 Å². The monoisotopic (exact) mass is 493 g/mol. The molecule has 3 heterocycles. The van der Waals surface area contributed by atoms with E-state index in [1.165, 1.54) is 11.8 Å². The second-order valence-electron chi connectivity index (χ2n) is 6.62. The number of thioether (sulfide) groups is 1. The van der Waals surface area contributed by atoms with Gasteiger partial charge in [0, 0.05) is 6.54 Å². The number of thiophene rings is 2. The maximum absolute atomic E-state index is 12.7. The number of nitrogens with two attached hydrogens (primary N) is 1. The molecule has 0 radical (unpaired) electrons. The van der Waals surface area contributed by atoms with Gasteiger partial charge in [-0.2, -0.15) is 0 Å². The maximum Gasteiger partial charge on any atom is 0.341 e. The highest BCUT2D eigenvalue weighted by Gasteiger charge is 2.26. The third-order valence-corrected chi connectivity index (χ3v) is 7.40. The van der Waals surface area contributed by atoms with Crippen LogP contribution in [0.3, 0.4) is 0 Å². The molecule has 3 N–H and O–H groups in total.